The van der Waals surface area contributed by atoms with E-state index in [1.54, 1.807) is 24.3 Å². The number of benzene rings is 2. The van der Waals surface area contributed by atoms with Gasteiger partial charge in [0.1, 0.15) is 0 Å². The van der Waals surface area contributed by atoms with Crippen molar-refractivity contribution in [2.45, 2.75) is 11.4 Å². The zero-order valence-electron chi connectivity index (χ0n) is 9.42. The average Bonchev–Trinajstić information content (AvgIpc) is 2.38. The summed E-state index contributed by atoms with van der Waals surface area (Å²) in [6.45, 7) is 0.0569. The molecule has 1 unspecified atom stereocenters. The van der Waals surface area contributed by atoms with E-state index in [2.05, 4.69) is 4.36 Å². The van der Waals surface area contributed by atoms with E-state index in [9.17, 15) is 8.09 Å². The quantitative estimate of drug-likeness (QED) is 0.774. The lowest BCUT2D eigenvalue weighted by molar-refractivity contribution is 0.635. The summed E-state index contributed by atoms with van der Waals surface area (Å²) in [5, 5.41) is 0.127. The minimum atomic E-state index is -3.95. The Hall–Kier alpha value is -1.39. The Morgan fingerprint density at radius 2 is 1.67 bits per heavy atom. The third-order valence-electron chi connectivity index (χ3n) is 2.36. The standard InChI is InChI=1S/C13H11ClFNOS/c14-12-8-4-5-9-13(12)18(15,17)16-10-11-6-2-1-3-7-11/h1-9H,10H2. The van der Waals surface area contributed by atoms with Crippen LogP contribution in [0.2, 0.25) is 5.02 Å². The summed E-state index contributed by atoms with van der Waals surface area (Å²) in [5.74, 6) is 0. The lowest BCUT2D eigenvalue weighted by atomic mass is 10.2. The van der Waals surface area contributed by atoms with Crippen LogP contribution in [0.3, 0.4) is 0 Å². The second kappa shape index (κ2) is 5.50. The van der Waals surface area contributed by atoms with E-state index in [0.717, 1.165) is 5.56 Å². The SMILES string of the molecule is O=S(F)(=NCc1ccccc1)c1ccccc1Cl. The molecule has 2 aromatic rings. The van der Waals surface area contributed by atoms with Crippen molar-refractivity contribution < 1.29 is 8.09 Å². The summed E-state index contributed by atoms with van der Waals surface area (Å²) in [6.07, 6.45) is 0. The van der Waals surface area contributed by atoms with Crippen molar-refractivity contribution in [3.05, 3.63) is 65.2 Å². The highest BCUT2D eigenvalue weighted by Crippen LogP contribution is 2.24. The highest BCUT2D eigenvalue weighted by atomic mass is 35.5. The zero-order valence-corrected chi connectivity index (χ0v) is 11.0. The zero-order chi connectivity index (χ0) is 13.0. The number of halogens is 2. The normalized spacial score (nSPS) is 13.9. The molecule has 0 saturated carbocycles. The van der Waals surface area contributed by atoms with E-state index in [1.807, 2.05) is 18.2 Å². The predicted molar refractivity (Wildman–Crippen MR) is 71.5 cm³/mol. The van der Waals surface area contributed by atoms with Crippen LogP contribution in [0, 0.1) is 0 Å². The van der Waals surface area contributed by atoms with Gasteiger partial charge in [0.15, 0.2) is 0 Å². The van der Waals surface area contributed by atoms with Crippen molar-refractivity contribution in [1.82, 2.24) is 0 Å². The molecule has 0 saturated heterocycles. The molecule has 0 fully saturated rings. The second-order valence-corrected chi connectivity index (χ2v) is 5.68. The number of hydrogen-bond donors (Lipinski definition) is 0. The van der Waals surface area contributed by atoms with Gasteiger partial charge in [-0.3, -0.25) is 0 Å². The van der Waals surface area contributed by atoms with Crippen molar-refractivity contribution in [3.8, 4) is 0 Å². The topological polar surface area (TPSA) is 29.4 Å². The molecule has 0 aliphatic rings. The summed E-state index contributed by atoms with van der Waals surface area (Å²) < 4.78 is 29.5. The van der Waals surface area contributed by atoms with Gasteiger partial charge in [0.25, 0.3) is 0 Å². The van der Waals surface area contributed by atoms with Crippen molar-refractivity contribution in [2.24, 2.45) is 4.36 Å². The van der Waals surface area contributed by atoms with E-state index in [0.29, 0.717) is 0 Å². The van der Waals surface area contributed by atoms with Crippen molar-refractivity contribution in [3.63, 3.8) is 0 Å². The number of hydrogen-bond acceptors (Lipinski definition) is 2. The van der Waals surface area contributed by atoms with Crippen LogP contribution >= 0.6 is 11.6 Å². The Bertz CT molecular complexity index is 651. The second-order valence-electron chi connectivity index (χ2n) is 3.66. The molecule has 1 atom stereocenters. The monoisotopic (exact) mass is 283 g/mol. The van der Waals surface area contributed by atoms with Gasteiger partial charge in [0.2, 0.25) is 10.1 Å². The van der Waals surface area contributed by atoms with Crippen LogP contribution in [-0.2, 0) is 16.7 Å². The first-order chi connectivity index (χ1) is 8.59. The van der Waals surface area contributed by atoms with Gasteiger partial charge in [0, 0.05) is 0 Å². The fourth-order valence-corrected chi connectivity index (χ4v) is 2.89. The predicted octanol–water partition coefficient (Wildman–Crippen LogP) is 4.25. The molecule has 2 nitrogen and oxygen atoms in total. The molecule has 2 rings (SSSR count). The molecule has 0 N–H and O–H groups in total. The largest absolute Gasteiger partial charge is 0.232 e. The van der Waals surface area contributed by atoms with Crippen LogP contribution in [0.4, 0.5) is 3.89 Å². The van der Waals surface area contributed by atoms with Crippen molar-refractivity contribution >= 4 is 21.7 Å². The first-order valence-corrected chi connectivity index (χ1v) is 7.10. The molecule has 0 radical (unpaired) electrons. The molecule has 2 aromatic carbocycles. The summed E-state index contributed by atoms with van der Waals surface area (Å²) >= 11 is 5.81. The highest BCUT2D eigenvalue weighted by Gasteiger charge is 2.13. The van der Waals surface area contributed by atoms with Crippen LogP contribution in [0.1, 0.15) is 5.56 Å². The third kappa shape index (κ3) is 3.09. The summed E-state index contributed by atoms with van der Waals surface area (Å²) in [4.78, 5) is -0.0670. The van der Waals surface area contributed by atoms with Crippen LogP contribution in [0.25, 0.3) is 0 Å². The van der Waals surface area contributed by atoms with Gasteiger partial charge in [-0.25, -0.2) is 8.57 Å². The Balaban J connectivity index is 2.32. The van der Waals surface area contributed by atoms with Crippen LogP contribution in [0.5, 0.6) is 0 Å². The lowest BCUT2D eigenvalue weighted by Crippen LogP contribution is -1.95. The lowest BCUT2D eigenvalue weighted by Gasteiger charge is -2.03. The highest BCUT2D eigenvalue weighted by molar-refractivity contribution is 7.88. The van der Waals surface area contributed by atoms with Gasteiger partial charge < -0.3 is 0 Å². The molecule has 0 aliphatic carbocycles. The first kappa shape index (κ1) is 13.1. The molecule has 18 heavy (non-hydrogen) atoms. The maximum atomic E-state index is 14.0. The fraction of sp³-hybridized carbons (Fsp3) is 0.0769. The Morgan fingerprint density at radius 1 is 1.06 bits per heavy atom. The van der Waals surface area contributed by atoms with Crippen molar-refractivity contribution in [1.29, 1.82) is 0 Å². The molecule has 0 heterocycles. The smallest absolute Gasteiger partial charge is 0.211 e. The van der Waals surface area contributed by atoms with Gasteiger partial charge in [0.05, 0.1) is 16.5 Å². The molecular weight excluding hydrogens is 273 g/mol. The first-order valence-electron chi connectivity index (χ1n) is 5.30. The molecule has 0 aromatic heterocycles. The fourth-order valence-electron chi connectivity index (χ4n) is 1.46. The Morgan fingerprint density at radius 3 is 2.33 bits per heavy atom. The minimum absolute atomic E-state index is 0.0569. The van der Waals surface area contributed by atoms with E-state index in [4.69, 9.17) is 11.6 Å². The average molecular weight is 284 g/mol. The van der Waals surface area contributed by atoms with Gasteiger partial charge in [-0.2, -0.15) is 0 Å². The van der Waals surface area contributed by atoms with Crippen molar-refractivity contribution in [2.75, 3.05) is 0 Å². The van der Waals surface area contributed by atoms with Gasteiger partial charge in [-0.1, -0.05) is 54.1 Å². The van der Waals surface area contributed by atoms with E-state index >= 15 is 0 Å². The number of rotatable bonds is 3. The summed E-state index contributed by atoms with van der Waals surface area (Å²) in [5.41, 5.74) is 0.801. The van der Waals surface area contributed by atoms with Crippen LogP contribution in [0.15, 0.2) is 63.9 Å². The third-order valence-corrected chi connectivity index (χ3v) is 4.17. The van der Waals surface area contributed by atoms with E-state index in [1.165, 1.54) is 12.1 Å². The molecule has 5 heteroatoms. The van der Waals surface area contributed by atoms with E-state index < -0.39 is 10.1 Å². The maximum Gasteiger partial charge on any atom is 0.232 e. The summed E-state index contributed by atoms with van der Waals surface area (Å²) in [7, 11) is -3.95. The summed E-state index contributed by atoms with van der Waals surface area (Å²) in [6, 6.07) is 15.2. The molecule has 0 amide bonds. The minimum Gasteiger partial charge on any atom is -0.211 e. The Kier molecular flexibility index (Phi) is 3.99. The van der Waals surface area contributed by atoms with Crippen LogP contribution in [-0.4, -0.2) is 4.21 Å². The molecule has 0 bridgehead atoms. The van der Waals surface area contributed by atoms with Gasteiger partial charge in [-0.05, 0) is 17.7 Å². The van der Waals surface area contributed by atoms with Gasteiger partial charge >= 0.3 is 0 Å². The molecule has 0 aliphatic heterocycles. The molecule has 94 valence electrons. The van der Waals surface area contributed by atoms with E-state index in [-0.39, 0.29) is 16.5 Å². The maximum absolute atomic E-state index is 14.0. The van der Waals surface area contributed by atoms with Gasteiger partial charge in [-0.15, -0.1) is 3.89 Å². The Labute approximate surface area is 111 Å². The molecular formula is C13H11ClFNOS. The van der Waals surface area contributed by atoms with Crippen LogP contribution < -0.4 is 0 Å². The molecule has 0 spiro atoms. The number of nitrogens with zero attached hydrogens (tertiary/aromatic N) is 1.